The van der Waals surface area contributed by atoms with Crippen molar-refractivity contribution in [2.75, 3.05) is 0 Å². The van der Waals surface area contributed by atoms with Gasteiger partial charge in [0.25, 0.3) is 0 Å². The number of ether oxygens (including phenoxy) is 1. The Hall–Kier alpha value is -4.12. The number of carboxylic acid groups (broad SMARTS) is 1. The van der Waals surface area contributed by atoms with Gasteiger partial charge < -0.3 is 14.9 Å². The second kappa shape index (κ2) is 9.57. The zero-order valence-electron chi connectivity index (χ0n) is 18.1. The third-order valence-electron chi connectivity index (χ3n) is 5.34. The molecule has 5 heteroatoms. The molecule has 0 bridgehead atoms. The molecule has 0 aliphatic rings. The van der Waals surface area contributed by atoms with Crippen LogP contribution in [0, 0.1) is 5.82 Å². The molecule has 2 N–H and O–H groups in total. The molecule has 0 fully saturated rings. The summed E-state index contributed by atoms with van der Waals surface area (Å²) >= 11 is 0. The van der Waals surface area contributed by atoms with E-state index in [4.69, 9.17) is 9.84 Å². The maximum absolute atomic E-state index is 14.4. The van der Waals surface area contributed by atoms with Crippen molar-refractivity contribution in [1.82, 2.24) is 0 Å². The van der Waals surface area contributed by atoms with E-state index in [1.807, 2.05) is 36.4 Å². The summed E-state index contributed by atoms with van der Waals surface area (Å²) in [6.45, 7) is 2.09. The molecule has 4 aromatic rings. The van der Waals surface area contributed by atoms with Gasteiger partial charge >= 0.3 is 5.97 Å². The van der Waals surface area contributed by atoms with Crippen LogP contribution in [-0.4, -0.2) is 16.2 Å². The quantitative estimate of drug-likeness (QED) is 0.297. The molecule has 0 saturated carbocycles. The normalized spacial score (nSPS) is 11.2. The van der Waals surface area contributed by atoms with Crippen LogP contribution in [0.15, 0.2) is 78.9 Å². The van der Waals surface area contributed by atoms with Gasteiger partial charge in [-0.15, -0.1) is 0 Å². The van der Waals surface area contributed by atoms with E-state index in [0.717, 1.165) is 35.6 Å². The van der Waals surface area contributed by atoms with Gasteiger partial charge in [0, 0.05) is 17.0 Å². The van der Waals surface area contributed by atoms with Crippen molar-refractivity contribution in [1.29, 1.82) is 0 Å². The molecule has 0 amide bonds. The van der Waals surface area contributed by atoms with Crippen molar-refractivity contribution < 1.29 is 24.1 Å². The third kappa shape index (κ3) is 4.88. The highest BCUT2D eigenvalue weighted by atomic mass is 19.1. The summed E-state index contributed by atoms with van der Waals surface area (Å²) in [4.78, 5) is 10.8. The van der Waals surface area contributed by atoms with E-state index in [-0.39, 0.29) is 0 Å². The van der Waals surface area contributed by atoms with Crippen LogP contribution in [0.2, 0.25) is 0 Å². The monoisotopic (exact) mass is 442 g/mol. The highest BCUT2D eigenvalue weighted by Crippen LogP contribution is 2.44. The van der Waals surface area contributed by atoms with E-state index in [2.05, 4.69) is 6.92 Å². The topological polar surface area (TPSA) is 66.8 Å². The van der Waals surface area contributed by atoms with Gasteiger partial charge in [0.15, 0.2) is 11.6 Å². The first-order valence-corrected chi connectivity index (χ1v) is 10.7. The van der Waals surface area contributed by atoms with E-state index in [1.165, 1.54) is 18.2 Å². The summed E-state index contributed by atoms with van der Waals surface area (Å²) < 4.78 is 20.7. The number of aromatic hydroxyl groups is 1. The molecule has 0 aromatic heterocycles. The Kier molecular flexibility index (Phi) is 6.41. The second-order valence-electron chi connectivity index (χ2n) is 7.72. The van der Waals surface area contributed by atoms with Crippen LogP contribution >= 0.6 is 0 Å². The molecular weight excluding hydrogens is 419 g/mol. The van der Waals surface area contributed by atoms with Crippen LogP contribution in [0.5, 0.6) is 17.2 Å². The summed E-state index contributed by atoms with van der Waals surface area (Å²) in [7, 11) is 0. The number of carboxylic acids is 1. The number of aryl methyl sites for hydroxylation is 1. The molecule has 166 valence electrons. The summed E-state index contributed by atoms with van der Waals surface area (Å²) in [6.07, 6.45) is 4.26. The van der Waals surface area contributed by atoms with E-state index in [9.17, 15) is 14.3 Å². The summed E-state index contributed by atoms with van der Waals surface area (Å²) in [5.74, 6) is -1.10. The second-order valence-corrected chi connectivity index (χ2v) is 7.72. The molecule has 4 aromatic carbocycles. The average Bonchev–Trinajstić information content (AvgIpc) is 2.81. The van der Waals surface area contributed by atoms with Crippen LogP contribution < -0.4 is 4.74 Å². The number of phenols is 1. The lowest BCUT2D eigenvalue weighted by Gasteiger charge is -2.19. The number of fused-ring (bicyclic) bond motifs is 1. The Morgan fingerprint density at radius 1 is 1.03 bits per heavy atom. The van der Waals surface area contributed by atoms with Gasteiger partial charge in [0.05, 0.1) is 0 Å². The fourth-order valence-electron chi connectivity index (χ4n) is 3.86. The Labute approximate surface area is 191 Å². The smallest absolute Gasteiger partial charge is 0.328 e. The highest BCUT2D eigenvalue weighted by Gasteiger charge is 2.19. The Morgan fingerprint density at radius 2 is 1.76 bits per heavy atom. The number of hydrogen-bond donors (Lipinski definition) is 2. The molecular formula is C28H23FO4. The summed E-state index contributed by atoms with van der Waals surface area (Å²) in [5, 5.41) is 20.0. The molecule has 0 aliphatic heterocycles. The summed E-state index contributed by atoms with van der Waals surface area (Å²) in [5.41, 5.74) is 3.59. The lowest BCUT2D eigenvalue weighted by Crippen LogP contribution is -1.97. The number of rotatable bonds is 7. The van der Waals surface area contributed by atoms with E-state index < -0.39 is 17.5 Å². The van der Waals surface area contributed by atoms with Crippen LogP contribution in [0.1, 0.15) is 24.5 Å². The molecule has 0 radical (unpaired) electrons. The van der Waals surface area contributed by atoms with Crippen molar-refractivity contribution in [2.24, 2.45) is 0 Å². The largest absolute Gasteiger partial charge is 0.505 e. The number of carbonyl (C=O) groups is 1. The van der Waals surface area contributed by atoms with Crippen molar-refractivity contribution in [2.45, 2.75) is 19.8 Å². The molecule has 0 heterocycles. The van der Waals surface area contributed by atoms with Gasteiger partial charge in [0.2, 0.25) is 0 Å². The number of hydrogen-bond acceptors (Lipinski definition) is 3. The van der Waals surface area contributed by atoms with Crippen molar-refractivity contribution in [3.8, 4) is 28.4 Å². The van der Waals surface area contributed by atoms with Gasteiger partial charge in [-0.05, 0) is 58.8 Å². The number of halogens is 1. The zero-order valence-corrected chi connectivity index (χ0v) is 18.1. The van der Waals surface area contributed by atoms with E-state index in [0.29, 0.717) is 27.8 Å². The molecule has 0 unspecified atom stereocenters. The highest BCUT2D eigenvalue weighted by molar-refractivity contribution is 5.98. The SMILES string of the molecule is CCCc1cc2cc(O)c(F)cc2c(Oc2ccc(C=CC(=O)O)cc2)c1-c1ccccc1. The number of phenolic OH excluding ortho intramolecular Hbond substituents is 1. The van der Waals surface area contributed by atoms with E-state index >= 15 is 0 Å². The van der Waals surface area contributed by atoms with Crippen LogP contribution in [0.4, 0.5) is 4.39 Å². The Balaban J connectivity index is 1.90. The number of aliphatic carboxylic acids is 1. The first kappa shape index (κ1) is 22.1. The minimum atomic E-state index is -1.02. The van der Waals surface area contributed by atoms with Gasteiger partial charge in [-0.25, -0.2) is 9.18 Å². The number of benzene rings is 4. The predicted molar refractivity (Wildman–Crippen MR) is 128 cm³/mol. The fraction of sp³-hybridized carbons (Fsp3) is 0.107. The first-order chi connectivity index (χ1) is 16.0. The molecule has 4 nitrogen and oxygen atoms in total. The van der Waals surface area contributed by atoms with Gasteiger partial charge in [0.1, 0.15) is 11.5 Å². The fourth-order valence-corrected chi connectivity index (χ4v) is 3.86. The van der Waals surface area contributed by atoms with E-state index in [1.54, 1.807) is 24.3 Å². The Morgan fingerprint density at radius 3 is 2.42 bits per heavy atom. The maximum Gasteiger partial charge on any atom is 0.328 e. The lowest BCUT2D eigenvalue weighted by molar-refractivity contribution is -0.131. The van der Waals surface area contributed by atoms with Crippen LogP contribution in [0.25, 0.3) is 28.0 Å². The standard InChI is InChI=1S/C28H23FO4/c1-2-6-20-15-21-16-25(30)24(29)17-23(21)28(27(20)19-7-4-3-5-8-19)33-22-12-9-18(10-13-22)11-14-26(31)32/h3-5,7-17,30H,2,6H2,1H3,(H,31,32). The van der Waals surface area contributed by atoms with Gasteiger partial charge in [-0.3, -0.25) is 0 Å². The van der Waals surface area contributed by atoms with Gasteiger partial charge in [-0.2, -0.15) is 0 Å². The molecule has 0 aliphatic carbocycles. The van der Waals surface area contributed by atoms with Crippen LogP contribution in [0.3, 0.4) is 0 Å². The maximum atomic E-state index is 14.4. The van der Waals surface area contributed by atoms with Crippen LogP contribution in [-0.2, 0) is 11.2 Å². The molecule has 4 rings (SSSR count). The zero-order chi connectivity index (χ0) is 23.4. The van der Waals surface area contributed by atoms with Gasteiger partial charge in [-0.1, -0.05) is 61.9 Å². The van der Waals surface area contributed by atoms with Crippen molar-refractivity contribution in [3.05, 3.63) is 95.8 Å². The third-order valence-corrected chi connectivity index (χ3v) is 5.34. The molecule has 0 saturated heterocycles. The Bertz CT molecular complexity index is 1330. The lowest BCUT2D eigenvalue weighted by atomic mass is 9.91. The summed E-state index contributed by atoms with van der Waals surface area (Å²) in [6, 6.07) is 21.5. The van der Waals surface area contributed by atoms with Crippen molar-refractivity contribution in [3.63, 3.8) is 0 Å². The average molecular weight is 442 g/mol. The molecule has 0 atom stereocenters. The molecule has 0 spiro atoms. The first-order valence-electron chi connectivity index (χ1n) is 10.7. The minimum Gasteiger partial charge on any atom is -0.505 e. The minimum absolute atomic E-state index is 0.405. The van der Waals surface area contributed by atoms with Crippen molar-refractivity contribution >= 4 is 22.8 Å². The molecule has 33 heavy (non-hydrogen) atoms. The predicted octanol–water partition coefficient (Wildman–Crippen LogP) is 7.19.